The molecule has 1 N–H and O–H groups in total. The molecule has 3 aliphatic rings. The van der Waals surface area contributed by atoms with Crippen molar-refractivity contribution in [2.45, 2.75) is 63.8 Å². The van der Waals surface area contributed by atoms with Crippen LogP contribution in [-0.2, 0) is 0 Å². The van der Waals surface area contributed by atoms with E-state index in [4.69, 9.17) is 0 Å². The van der Waals surface area contributed by atoms with E-state index in [1.807, 2.05) is 0 Å². The molecule has 2 saturated carbocycles. The van der Waals surface area contributed by atoms with E-state index in [-0.39, 0.29) is 0 Å². The molecule has 0 aromatic carbocycles. The van der Waals surface area contributed by atoms with Crippen molar-refractivity contribution in [1.29, 1.82) is 0 Å². The lowest BCUT2D eigenvalue weighted by Crippen LogP contribution is -2.47. The number of hydrogen-bond acceptors (Lipinski definition) is 1. The Balaban J connectivity index is 1.70. The van der Waals surface area contributed by atoms with Crippen molar-refractivity contribution in [2.75, 3.05) is 6.54 Å². The zero-order valence-electron chi connectivity index (χ0n) is 9.23. The van der Waals surface area contributed by atoms with E-state index in [9.17, 15) is 0 Å². The number of fused-ring (bicyclic) bond motifs is 1. The first-order valence-electron chi connectivity index (χ1n) is 6.61. The van der Waals surface area contributed by atoms with Crippen LogP contribution >= 0.6 is 0 Å². The normalized spacial score (nSPS) is 41.1. The van der Waals surface area contributed by atoms with E-state index in [0.717, 1.165) is 17.4 Å². The highest BCUT2D eigenvalue weighted by atomic mass is 14.9. The Bertz CT molecular complexity index is 205. The van der Waals surface area contributed by atoms with Crippen molar-refractivity contribution in [2.24, 2.45) is 11.3 Å². The number of nitrogens with one attached hydrogen (secondary N) is 1. The standard InChI is InChI=1S/C13H23N/c1-2-7-13(6-1)8-5-12-11(10-13)4-3-9-14-12/h11-12,14H,1-10H2. The van der Waals surface area contributed by atoms with Crippen molar-refractivity contribution in [3.8, 4) is 0 Å². The topological polar surface area (TPSA) is 12.0 Å². The molecule has 3 fully saturated rings. The van der Waals surface area contributed by atoms with Crippen LogP contribution in [0.5, 0.6) is 0 Å². The van der Waals surface area contributed by atoms with Gasteiger partial charge in [-0.05, 0) is 62.8 Å². The molecule has 0 aromatic rings. The fraction of sp³-hybridized carbons (Fsp3) is 1.00. The first kappa shape index (κ1) is 9.21. The van der Waals surface area contributed by atoms with Gasteiger partial charge in [0.05, 0.1) is 0 Å². The summed E-state index contributed by atoms with van der Waals surface area (Å²) in [5.74, 6) is 1.04. The van der Waals surface area contributed by atoms with Gasteiger partial charge in [-0.15, -0.1) is 0 Å². The first-order valence-corrected chi connectivity index (χ1v) is 6.61. The van der Waals surface area contributed by atoms with E-state index in [1.54, 1.807) is 19.3 Å². The molecule has 0 bridgehead atoms. The summed E-state index contributed by atoms with van der Waals surface area (Å²) in [6, 6.07) is 0.898. The summed E-state index contributed by atoms with van der Waals surface area (Å²) < 4.78 is 0. The smallest absolute Gasteiger partial charge is 0.00957 e. The Hall–Kier alpha value is -0.0400. The highest BCUT2D eigenvalue weighted by molar-refractivity contribution is 4.96. The molecule has 1 saturated heterocycles. The highest BCUT2D eigenvalue weighted by Gasteiger charge is 2.42. The van der Waals surface area contributed by atoms with Gasteiger partial charge in [0.2, 0.25) is 0 Å². The summed E-state index contributed by atoms with van der Waals surface area (Å²) in [6.07, 6.45) is 13.6. The largest absolute Gasteiger partial charge is 0.314 e. The van der Waals surface area contributed by atoms with E-state index in [0.29, 0.717) is 0 Å². The van der Waals surface area contributed by atoms with Gasteiger partial charge >= 0.3 is 0 Å². The van der Waals surface area contributed by atoms with Crippen molar-refractivity contribution in [3.63, 3.8) is 0 Å². The van der Waals surface area contributed by atoms with Crippen LogP contribution < -0.4 is 5.32 Å². The van der Waals surface area contributed by atoms with Crippen LogP contribution in [0.15, 0.2) is 0 Å². The summed E-state index contributed by atoms with van der Waals surface area (Å²) >= 11 is 0. The lowest BCUT2D eigenvalue weighted by molar-refractivity contribution is 0.0889. The van der Waals surface area contributed by atoms with Crippen molar-refractivity contribution >= 4 is 0 Å². The molecule has 14 heavy (non-hydrogen) atoms. The van der Waals surface area contributed by atoms with Crippen LogP contribution in [0.4, 0.5) is 0 Å². The molecule has 0 amide bonds. The van der Waals surface area contributed by atoms with Crippen LogP contribution in [0.3, 0.4) is 0 Å². The molecule has 80 valence electrons. The van der Waals surface area contributed by atoms with Crippen molar-refractivity contribution in [3.05, 3.63) is 0 Å². The third-order valence-electron chi connectivity index (χ3n) is 5.07. The van der Waals surface area contributed by atoms with Crippen molar-refractivity contribution in [1.82, 2.24) is 5.32 Å². The summed E-state index contributed by atoms with van der Waals surface area (Å²) in [5.41, 5.74) is 0.820. The second kappa shape index (κ2) is 3.52. The quantitative estimate of drug-likeness (QED) is 0.623. The summed E-state index contributed by atoms with van der Waals surface area (Å²) in [6.45, 7) is 1.29. The predicted molar refractivity (Wildman–Crippen MR) is 59.3 cm³/mol. The second-order valence-electron chi connectivity index (χ2n) is 5.91. The van der Waals surface area contributed by atoms with Crippen LogP contribution in [-0.4, -0.2) is 12.6 Å². The van der Waals surface area contributed by atoms with Gasteiger partial charge in [0.25, 0.3) is 0 Å². The molecule has 1 aliphatic heterocycles. The average molecular weight is 193 g/mol. The van der Waals surface area contributed by atoms with E-state index >= 15 is 0 Å². The van der Waals surface area contributed by atoms with Gasteiger partial charge in [-0.2, -0.15) is 0 Å². The minimum atomic E-state index is 0.820. The molecule has 2 unspecified atom stereocenters. The van der Waals surface area contributed by atoms with Crippen LogP contribution in [0.2, 0.25) is 0 Å². The molecular weight excluding hydrogens is 170 g/mol. The number of rotatable bonds is 0. The Labute approximate surface area is 87.7 Å². The number of piperidine rings is 1. The summed E-state index contributed by atoms with van der Waals surface area (Å²) in [7, 11) is 0. The maximum Gasteiger partial charge on any atom is 0.00957 e. The van der Waals surface area contributed by atoms with Gasteiger partial charge in [0, 0.05) is 6.04 Å². The van der Waals surface area contributed by atoms with Gasteiger partial charge in [0.15, 0.2) is 0 Å². The highest BCUT2D eigenvalue weighted by Crippen LogP contribution is 2.51. The first-order chi connectivity index (χ1) is 6.88. The van der Waals surface area contributed by atoms with Crippen LogP contribution in [0.25, 0.3) is 0 Å². The summed E-state index contributed by atoms with van der Waals surface area (Å²) in [5, 5.41) is 3.73. The van der Waals surface area contributed by atoms with E-state index in [2.05, 4.69) is 5.32 Å². The van der Waals surface area contributed by atoms with Crippen molar-refractivity contribution < 1.29 is 0 Å². The Kier molecular flexibility index (Phi) is 2.31. The Morgan fingerprint density at radius 1 is 0.929 bits per heavy atom. The average Bonchev–Trinajstić information content (AvgIpc) is 2.66. The van der Waals surface area contributed by atoms with Crippen LogP contribution in [0.1, 0.15) is 57.8 Å². The Morgan fingerprint density at radius 3 is 2.64 bits per heavy atom. The third kappa shape index (κ3) is 1.50. The molecule has 2 atom stereocenters. The minimum absolute atomic E-state index is 0.820. The van der Waals surface area contributed by atoms with Crippen LogP contribution in [0, 0.1) is 11.3 Å². The van der Waals surface area contributed by atoms with Gasteiger partial charge < -0.3 is 5.32 Å². The van der Waals surface area contributed by atoms with E-state index < -0.39 is 0 Å². The minimum Gasteiger partial charge on any atom is -0.314 e. The SMILES string of the molecule is C1CNC2CCC3(CCCC3)CC2C1. The number of hydrogen-bond donors (Lipinski definition) is 1. The van der Waals surface area contributed by atoms with Gasteiger partial charge in [-0.25, -0.2) is 0 Å². The third-order valence-corrected chi connectivity index (χ3v) is 5.07. The molecule has 1 nitrogen and oxygen atoms in total. The lowest BCUT2D eigenvalue weighted by atomic mass is 9.65. The maximum atomic E-state index is 3.73. The second-order valence-corrected chi connectivity index (χ2v) is 5.91. The molecule has 1 spiro atoms. The maximum absolute atomic E-state index is 3.73. The molecule has 3 rings (SSSR count). The predicted octanol–water partition coefficient (Wildman–Crippen LogP) is 3.10. The molecular formula is C13H23N. The van der Waals surface area contributed by atoms with Gasteiger partial charge in [-0.1, -0.05) is 12.8 Å². The zero-order valence-corrected chi connectivity index (χ0v) is 9.23. The molecule has 2 aliphatic carbocycles. The zero-order chi connectivity index (χ0) is 9.43. The lowest BCUT2D eigenvalue weighted by Gasteiger charge is -2.45. The monoisotopic (exact) mass is 193 g/mol. The Morgan fingerprint density at radius 2 is 1.79 bits per heavy atom. The summed E-state index contributed by atoms with van der Waals surface area (Å²) in [4.78, 5) is 0. The molecule has 1 heterocycles. The molecule has 0 aromatic heterocycles. The fourth-order valence-corrected chi connectivity index (χ4v) is 4.30. The molecule has 0 radical (unpaired) electrons. The fourth-order valence-electron chi connectivity index (χ4n) is 4.30. The van der Waals surface area contributed by atoms with E-state index in [1.165, 1.54) is 45.1 Å². The van der Waals surface area contributed by atoms with Gasteiger partial charge in [0.1, 0.15) is 0 Å². The van der Waals surface area contributed by atoms with Gasteiger partial charge in [-0.3, -0.25) is 0 Å². The molecule has 1 heteroatoms.